The van der Waals surface area contributed by atoms with Gasteiger partial charge in [0, 0.05) is 6.42 Å². The molecular weight excluding hydrogens is 490 g/mol. The maximum atomic E-state index is 13.4. The quantitative estimate of drug-likeness (QED) is 0.347. The van der Waals surface area contributed by atoms with Crippen LogP contribution in [0.5, 0.6) is 5.75 Å². The second kappa shape index (κ2) is 10.3. The van der Waals surface area contributed by atoms with Gasteiger partial charge in [0.2, 0.25) is 5.91 Å². The van der Waals surface area contributed by atoms with Crippen LogP contribution in [0.15, 0.2) is 76.1 Å². The maximum absolute atomic E-state index is 13.4. The second-order valence-electron chi connectivity index (χ2n) is 7.70. The van der Waals surface area contributed by atoms with Crippen molar-refractivity contribution in [2.24, 2.45) is 0 Å². The van der Waals surface area contributed by atoms with E-state index in [9.17, 15) is 13.2 Å². The van der Waals surface area contributed by atoms with E-state index in [2.05, 4.69) is 15.9 Å². The molecule has 0 radical (unpaired) electrons. The van der Waals surface area contributed by atoms with Crippen LogP contribution in [0, 0.1) is 20.8 Å². The topological polar surface area (TPSA) is 63.7 Å². The summed E-state index contributed by atoms with van der Waals surface area (Å²) in [7, 11) is -4.05. The fourth-order valence-electron chi connectivity index (χ4n) is 3.14. The molecule has 0 saturated carbocycles. The summed E-state index contributed by atoms with van der Waals surface area (Å²) in [6.45, 7) is 6.07. The molecule has 0 aliphatic rings. The monoisotopic (exact) mass is 515 g/mol. The summed E-state index contributed by atoms with van der Waals surface area (Å²) >= 11 is 3.47. The van der Waals surface area contributed by atoms with Crippen LogP contribution in [0.3, 0.4) is 0 Å². The van der Waals surface area contributed by atoms with Gasteiger partial charge in [-0.15, -0.1) is 0 Å². The molecule has 3 aromatic rings. The highest BCUT2D eigenvalue weighted by Crippen LogP contribution is 2.27. The Labute approximate surface area is 198 Å². The van der Waals surface area contributed by atoms with Crippen molar-refractivity contribution in [1.82, 2.24) is 0 Å². The molecule has 0 unspecified atom stereocenters. The molecule has 7 heteroatoms. The first kappa shape index (κ1) is 24.0. The van der Waals surface area contributed by atoms with Crippen LogP contribution in [0.2, 0.25) is 0 Å². The Bertz CT molecular complexity index is 1190. The lowest BCUT2D eigenvalue weighted by Gasteiger charge is -2.23. The van der Waals surface area contributed by atoms with Gasteiger partial charge < -0.3 is 4.74 Å². The fourth-order valence-corrected chi connectivity index (χ4v) is 5.20. The number of nitrogens with zero attached hydrogens (tertiary/aromatic N) is 1. The predicted octanol–water partition coefficient (Wildman–Crippen LogP) is 5.96. The Hall–Kier alpha value is -2.64. The number of amides is 1. The first-order valence-corrected chi connectivity index (χ1v) is 12.5. The van der Waals surface area contributed by atoms with Crippen molar-refractivity contribution in [2.75, 3.05) is 10.9 Å². The number of hydrogen-bond acceptors (Lipinski definition) is 4. The van der Waals surface area contributed by atoms with Crippen LogP contribution in [-0.4, -0.2) is 20.9 Å². The zero-order valence-electron chi connectivity index (χ0n) is 18.3. The number of benzene rings is 3. The number of anilines is 1. The molecule has 0 aliphatic heterocycles. The molecule has 168 valence electrons. The van der Waals surface area contributed by atoms with Crippen molar-refractivity contribution in [3.63, 3.8) is 0 Å². The van der Waals surface area contributed by atoms with Gasteiger partial charge in [0.05, 0.1) is 21.7 Å². The van der Waals surface area contributed by atoms with E-state index in [0.717, 1.165) is 25.5 Å². The minimum Gasteiger partial charge on any atom is -0.492 e. The number of hydrogen-bond donors (Lipinski definition) is 0. The lowest BCUT2D eigenvalue weighted by atomic mass is 10.2. The Kier molecular flexibility index (Phi) is 7.74. The van der Waals surface area contributed by atoms with E-state index in [1.165, 1.54) is 12.1 Å². The van der Waals surface area contributed by atoms with Crippen molar-refractivity contribution < 1.29 is 17.9 Å². The molecular formula is C25H26BrNO4S. The molecule has 1 amide bonds. The third-order valence-corrected chi connectivity index (χ3v) is 7.32. The number of aryl methyl sites for hydroxylation is 3. The highest BCUT2D eigenvalue weighted by atomic mass is 79.9. The van der Waals surface area contributed by atoms with Crippen LogP contribution in [0.1, 0.15) is 29.5 Å². The molecule has 0 N–H and O–H groups in total. The molecule has 0 fully saturated rings. The Balaban J connectivity index is 1.77. The Morgan fingerprint density at radius 3 is 2.03 bits per heavy atom. The van der Waals surface area contributed by atoms with Gasteiger partial charge in [-0.25, -0.2) is 12.7 Å². The van der Waals surface area contributed by atoms with E-state index in [4.69, 9.17) is 4.74 Å². The number of sulfonamides is 1. The predicted molar refractivity (Wildman–Crippen MR) is 131 cm³/mol. The summed E-state index contributed by atoms with van der Waals surface area (Å²) in [5.74, 6) is 0.187. The minimum absolute atomic E-state index is 0.0302. The smallest absolute Gasteiger partial charge is 0.270 e. The van der Waals surface area contributed by atoms with Gasteiger partial charge in [-0.05, 0) is 85.1 Å². The summed E-state index contributed by atoms with van der Waals surface area (Å²) in [5, 5.41) is 0. The average Bonchev–Trinajstić information content (AvgIpc) is 2.74. The Morgan fingerprint density at radius 1 is 0.875 bits per heavy atom. The molecule has 0 spiro atoms. The van der Waals surface area contributed by atoms with E-state index in [0.29, 0.717) is 24.5 Å². The standard InChI is InChI=1S/C25H26BrNO4S/c1-18-6-11-21(12-7-18)27(32(29,30)22-13-8-19(2)9-14-22)25(28)5-4-16-31-24-15-10-20(3)17-23(24)26/h6-15,17H,4-5,16H2,1-3H3. The zero-order valence-corrected chi connectivity index (χ0v) is 20.7. The van der Waals surface area contributed by atoms with Crippen molar-refractivity contribution >= 4 is 37.5 Å². The molecule has 0 atom stereocenters. The van der Waals surface area contributed by atoms with Gasteiger partial charge >= 0.3 is 0 Å². The molecule has 3 aromatic carbocycles. The van der Waals surface area contributed by atoms with Crippen LogP contribution < -0.4 is 9.04 Å². The molecule has 0 aromatic heterocycles. The lowest BCUT2D eigenvalue weighted by molar-refractivity contribution is -0.117. The van der Waals surface area contributed by atoms with E-state index in [-0.39, 0.29) is 11.3 Å². The molecule has 0 saturated heterocycles. The van der Waals surface area contributed by atoms with Crippen LogP contribution in [0.4, 0.5) is 5.69 Å². The summed E-state index contributed by atoms with van der Waals surface area (Å²) in [6, 6.07) is 19.1. The van der Waals surface area contributed by atoms with Gasteiger partial charge in [-0.2, -0.15) is 0 Å². The number of carbonyl (C=O) groups is 1. The average molecular weight is 516 g/mol. The van der Waals surface area contributed by atoms with E-state index in [1.807, 2.05) is 39.0 Å². The van der Waals surface area contributed by atoms with Gasteiger partial charge in [0.1, 0.15) is 5.75 Å². The summed E-state index contributed by atoms with van der Waals surface area (Å²) in [5.41, 5.74) is 3.35. The van der Waals surface area contributed by atoms with Gasteiger partial charge in [-0.1, -0.05) is 41.5 Å². The van der Waals surface area contributed by atoms with Crippen LogP contribution in [-0.2, 0) is 14.8 Å². The van der Waals surface area contributed by atoms with E-state index >= 15 is 0 Å². The number of halogens is 1. The summed E-state index contributed by atoms with van der Waals surface area (Å²) < 4.78 is 34.2. The van der Waals surface area contributed by atoms with Crippen LogP contribution >= 0.6 is 15.9 Å². The first-order chi connectivity index (χ1) is 15.2. The molecule has 0 heterocycles. The van der Waals surface area contributed by atoms with Crippen molar-refractivity contribution in [2.45, 2.75) is 38.5 Å². The van der Waals surface area contributed by atoms with Gasteiger partial charge in [0.25, 0.3) is 10.0 Å². The van der Waals surface area contributed by atoms with Gasteiger partial charge in [-0.3, -0.25) is 4.79 Å². The first-order valence-electron chi connectivity index (χ1n) is 10.3. The third kappa shape index (κ3) is 5.78. The van der Waals surface area contributed by atoms with Crippen LogP contribution in [0.25, 0.3) is 0 Å². The molecule has 0 aliphatic carbocycles. The van der Waals surface area contributed by atoms with E-state index in [1.54, 1.807) is 36.4 Å². The lowest BCUT2D eigenvalue weighted by Crippen LogP contribution is -2.37. The number of rotatable bonds is 8. The van der Waals surface area contributed by atoms with Crippen molar-refractivity contribution in [1.29, 1.82) is 0 Å². The normalized spacial score (nSPS) is 11.2. The molecule has 5 nitrogen and oxygen atoms in total. The Morgan fingerprint density at radius 2 is 1.44 bits per heavy atom. The highest BCUT2D eigenvalue weighted by molar-refractivity contribution is 9.10. The second-order valence-corrected chi connectivity index (χ2v) is 10.3. The van der Waals surface area contributed by atoms with Crippen molar-refractivity contribution in [3.05, 3.63) is 87.9 Å². The highest BCUT2D eigenvalue weighted by Gasteiger charge is 2.30. The SMILES string of the molecule is Cc1ccc(N(C(=O)CCCOc2ccc(C)cc2Br)S(=O)(=O)c2ccc(C)cc2)cc1. The largest absolute Gasteiger partial charge is 0.492 e. The fraction of sp³-hybridized carbons (Fsp3) is 0.240. The maximum Gasteiger partial charge on any atom is 0.270 e. The third-order valence-electron chi connectivity index (χ3n) is 4.93. The van der Waals surface area contributed by atoms with Crippen molar-refractivity contribution in [3.8, 4) is 5.75 Å². The van der Waals surface area contributed by atoms with E-state index < -0.39 is 15.9 Å². The zero-order chi connectivity index (χ0) is 23.3. The molecule has 0 bridgehead atoms. The molecule has 3 rings (SSSR count). The minimum atomic E-state index is -4.05. The summed E-state index contributed by atoms with van der Waals surface area (Å²) in [6.07, 6.45) is 0.410. The number of ether oxygens (including phenoxy) is 1. The summed E-state index contributed by atoms with van der Waals surface area (Å²) in [4.78, 5) is 13.2. The van der Waals surface area contributed by atoms with Gasteiger partial charge in [0.15, 0.2) is 0 Å². The number of carbonyl (C=O) groups excluding carboxylic acids is 1. The molecule has 32 heavy (non-hydrogen) atoms.